The fourth-order valence-electron chi connectivity index (χ4n) is 1.36. The molecule has 0 saturated heterocycles. The number of rotatable bonds is 3. The first-order chi connectivity index (χ1) is 5.83. The monoisotopic (exact) mass is 157 g/mol. The molecule has 1 aromatic rings. The van der Waals surface area contributed by atoms with Crippen LogP contribution in [0.25, 0.3) is 6.08 Å². The first kappa shape index (κ1) is 8.79. The van der Waals surface area contributed by atoms with Gasteiger partial charge in [0.1, 0.15) is 0 Å². The van der Waals surface area contributed by atoms with Crippen LogP contribution in [0.5, 0.6) is 0 Å². The quantitative estimate of drug-likeness (QED) is 0.632. The standard InChI is InChI=1S/C12H13/c1-4-10-8-7-9-11(5-2)12(10)6-3/h4,7-9H,1-2,6H2,3H3. The van der Waals surface area contributed by atoms with Gasteiger partial charge in [0.2, 0.25) is 0 Å². The first-order valence-electron chi connectivity index (χ1n) is 4.11. The summed E-state index contributed by atoms with van der Waals surface area (Å²) < 4.78 is 0. The van der Waals surface area contributed by atoms with Crippen LogP contribution in [0.1, 0.15) is 23.6 Å². The van der Waals surface area contributed by atoms with Crippen molar-refractivity contribution in [2.75, 3.05) is 0 Å². The third kappa shape index (κ3) is 1.48. The molecule has 0 amide bonds. The van der Waals surface area contributed by atoms with E-state index in [1.807, 2.05) is 18.2 Å². The smallest absolute Gasteiger partial charge is 0.0146 e. The van der Waals surface area contributed by atoms with Gasteiger partial charge < -0.3 is 0 Å². The van der Waals surface area contributed by atoms with Crippen molar-refractivity contribution in [1.82, 2.24) is 0 Å². The molecule has 1 aromatic carbocycles. The van der Waals surface area contributed by atoms with Gasteiger partial charge in [-0.2, -0.15) is 0 Å². The van der Waals surface area contributed by atoms with Crippen molar-refractivity contribution in [2.45, 2.75) is 13.3 Å². The van der Waals surface area contributed by atoms with Gasteiger partial charge in [-0.15, -0.1) is 0 Å². The third-order valence-corrected chi connectivity index (χ3v) is 1.98. The van der Waals surface area contributed by atoms with Gasteiger partial charge >= 0.3 is 0 Å². The summed E-state index contributed by atoms with van der Waals surface area (Å²) in [6.07, 6.45) is 5.80. The summed E-state index contributed by atoms with van der Waals surface area (Å²) in [6.45, 7) is 9.55. The Bertz CT molecular complexity index is 269. The molecule has 0 heterocycles. The van der Waals surface area contributed by atoms with Crippen molar-refractivity contribution < 1.29 is 0 Å². The summed E-state index contributed by atoms with van der Waals surface area (Å²) in [5, 5.41) is 0. The second-order valence-corrected chi connectivity index (χ2v) is 2.61. The van der Waals surface area contributed by atoms with Crippen LogP contribution in [-0.4, -0.2) is 0 Å². The highest BCUT2D eigenvalue weighted by atomic mass is 14.0. The molecule has 0 spiro atoms. The van der Waals surface area contributed by atoms with E-state index in [4.69, 9.17) is 0 Å². The third-order valence-electron chi connectivity index (χ3n) is 1.98. The largest absolute Gasteiger partial charge is 0.0985 e. The van der Waals surface area contributed by atoms with E-state index in [0.717, 1.165) is 12.0 Å². The SMILES string of the molecule is C=[C]c1cccc(C=C)c1CC. The number of hydrogen-bond donors (Lipinski definition) is 0. The summed E-state index contributed by atoms with van der Waals surface area (Å²) >= 11 is 0. The Labute approximate surface area is 74.2 Å². The topological polar surface area (TPSA) is 0 Å². The minimum absolute atomic E-state index is 1.00. The molecule has 0 bridgehead atoms. The zero-order valence-electron chi connectivity index (χ0n) is 7.43. The zero-order valence-corrected chi connectivity index (χ0v) is 7.43. The number of hydrogen-bond acceptors (Lipinski definition) is 0. The van der Waals surface area contributed by atoms with E-state index in [-0.39, 0.29) is 0 Å². The summed E-state index contributed by atoms with van der Waals surface area (Å²) in [4.78, 5) is 0. The van der Waals surface area contributed by atoms with E-state index < -0.39 is 0 Å². The molecular weight excluding hydrogens is 144 g/mol. The highest BCUT2D eigenvalue weighted by molar-refractivity contribution is 5.55. The lowest BCUT2D eigenvalue weighted by Crippen LogP contribution is -1.90. The van der Waals surface area contributed by atoms with Gasteiger partial charge in [-0.3, -0.25) is 0 Å². The molecule has 0 atom stereocenters. The van der Waals surface area contributed by atoms with Crippen LogP contribution < -0.4 is 0 Å². The molecule has 0 unspecified atom stereocenters. The lowest BCUT2D eigenvalue weighted by Gasteiger charge is -2.06. The molecule has 0 aliphatic rings. The average Bonchev–Trinajstić information content (AvgIpc) is 2.16. The van der Waals surface area contributed by atoms with Crippen LogP contribution in [0.4, 0.5) is 0 Å². The van der Waals surface area contributed by atoms with Gasteiger partial charge in [-0.25, -0.2) is 0 Å². The van der Waals surface area contributed by atoms with Gasteiger partial charge in [-0.05, 0) is 29.2 Å². The second kappa shape index (κ2) is 3.91. The van der Waals surface area contributed by atoms with Gasteiger partial charge in [-0.1, -0.05) is 44.4 Å². The van der Waals surface area contributed by atoms with E-state index in [1.165, 1.54) is 11.1 Å². The lowest BCUT2D eigenvalue weighted by atomic mass is 9.99. The normalized spacial score (nSPS) is 9.42. The van der Waals surface area contributed by atoms with Crippen molar-refractivity contribution in [3.63, 3.8) is 0 Å². The molecule has 0 aliphatic heterocycles. The van der Waals surface area contributed by atoms with Crippen molar-refractivity contribution >= 4 is 6.08 Å². The molecule has 1 radical (unpaired) electrons. The van der Waals surface area contributed by atoms with Crippen LogP contribution in [0, 0.1) is 6.08 Å². The van der Waals surface area contributed by atoms with Crippen molar-refractivity contribution in [3.8, 4) is 0 Å². The highest BCUT2D eigenvalue weighted by Crippen LogP contribution is 2.16. The van der Waals surface area contributed by atoms with Crippen LogP contribution in [0.2, 0.25) is 0 Å². The molecule has 0 saturated carbocycles. The van der Waals surface area contributed by atoms with Crippen molar-refractivity contribution in [1.29, 1.82) is 0 Å². The second-order valence-electron chi connectivity index (χ2n) is 2.61. The lowest BCUT2D eigenvalue weighted by molar-refractivity contribution is 1.12. The van der Waals surface area contributed by atoms with E-state index in [1.54, 1.807) is 0 Å². The van der Waals surface area contributed by atoms with Gasteiger partial charge in [0.15, 0.2) is 0 Å². The fraction of sp³-hybridized carbons (Fsp3) is 0.167. The Hall–Kier alpha value is -1.30. The number of benzene rings is 1. The Balaban J connectivity index is 3.30. The summed E-state index contributed by atoms with van der Waals surface area (Å²) in [6, 6.07) is 6.09. The zero-order chi connectivity index (χ0) is 8.97. The van der Waals surface area contributed by atoms with Crippen LogP contribution >= 0.6 is 0 Å². The Morgan fingerprint density at radius 1 is 1.50 bits per heavy atom. The Kier molecular flexibility index (Phi) is 2.87. The van der Waals surface area contributed by atoms with E-state index in [2.05, 4.69) is 32.2 Å². The van der Waals surface area contributed by atoms with Crippen molar-refractivity contribution in [3.05, 3.63) is 54.1 Å². The van der Waals surface area contributed by atoms with Gasteiger partial charge in [0.05, 0.1) is 0 Å². The maximum absolute atomic E-state index is 3.77. The summed E-state index contributed by atoms with van der Waals surface area (Å²) in [5.41, 5.74) is 3.56. The fourth-order valence-corrected chi connectivity index (χ4v) is 1.36. The predicted octanol–water partition coefficient (Wildman–Crippen LogP) is 3.23. The Morgan fingerprint density at radius 3 is 2.75 bits per heavy atom. The minimum atomic E-state index is 1.00. The van der Waals surface area contributed by atoms with E-state index in [0.29, 0.717) is 0 Å². The van der Waals surface area contributed by atoms with Crippen LogP contribution in [0.15, 0.2) is 31.4 Å². The Morgan fingerprint density at radius 2 is 2.25 bits per heavy atom. The maximum atomic E-state index is 3.77. The highest BCUT2D eigenvalue weighted by Gasteiger charge is 2.00. The summed E-state index contributed by atoms with van der Waals surface area (Å²) in [7, 11) is 0. The molecule has 61 valence electrons. The molecule has 12 heavy (non-hydrogen) atoms. The molecule has 0 N–H and O–H groups in total. The molecule has 1 rings (SSSR count). The summed E-state index contributed by atoms with van der Waals surface area (Å²) in [5.74, 6) is 0. The van der Waals surface area contributed by atoms with Gasteiger partial charge in [0.25, 0.3) is 0 Å². The molecule has 0 aromatic heterocycles. The van der Waals surface area contributed by atoms with Crippen molar-refractivity contribution in [2.24, 2.45) is 0 Å². The maximum Gasteiger partial charge on any atom is -0.0146 e. The van der Waals surface area contributed by atoms with Gasteiger partial charge in [0, 0.05) is 0 Å². The van der Waals surface area contributed by atoms with Crippen LogP contribution in [-0.2, 0) is 6.42 Å². The van der Waals surface area contributed by atoms with E-state index >= 15 is 0 Å². The first-order valence-corrected chi connectivity index (χ1v) is 4.11. The predicted molar refractivity (Wildman–Crippen MR) is 53.9 cm³/mol. The molecular formula is C12H13. The molecule has 0 nitrogen and oxygen atoms in total. The molecule has 0 heteroatoms. The van der Waals surface area contributed by atoms with Crippen LogP contribution in [0.3, 0.4) is 0 Å². The van der Waals surface area contributed by atoms with E-state index in [9.17, 15) is 0 Å². The molecule has 0 aliphatic carbocycles. The minimum Gasteiger partial charge on any atom is -0.0985 e. The average molecular weight is 157 g/mol. The molecule has 0 fully saturated rings.